The predicted octanol–water partition coefficient (Wildman–Crippen LogP) is 16.4. The molecule has 2 heteroatoms. The van der Waals surface area contributed by atoms with E-state index >= 15 is 0 Å². The molecule has 0 saturated heterocycles. The molecular formula is C59H40N2. The van der Waals surface area contributed by atoms with Gasteiger partial charge in [0.1, 0.15) is 0 Å². The van der Waals surface area contributed by atoms with E-state index in [1.54, 1.807) is 0 Å². The number of anilines is 3. The molecule has 0 aliphatic heterocycles. The van der Waals surface area contributed by atoms with Crippen molar-refractivity contribution in [2.45, 2.75) is 13.3 Å². The Kier molecular flexibility index (Phi) is 8.13. The molecule has 1 aliphatic rings. The zero-order valence-corrected chi connectivity index (χ0v) is 33.8. The minimum Gasteiger partial charge on any atom is -0.310 e. The van der Waals surface area contributed by atoms with Crippen LogP contribution in [0.5, 0.6) is 0 Å². The van der Waals surface area contributed by atoms with E-state index in [4.69, 9.17) is 0 Å². The molecule has 1 aliphatic carbocycles. The second-order valence-electron chi connectivity index (χ2n) is 16.2. The van der Waals surface area contributed by atoms with Crippen LogP contribution >= 0.6 is 0 Å². The number of hydrogen-bond acceptors (Lipinski definition) is 1. The first-order valence-corrected chi connectivity index (χ1v) is 21.2. The van der Waals surface area contributed by atoms with Crippen LogP contribution in [0, 0.1) is 0 Å². The molecule has 0 amide bonds. The standard InChI is InChI=1S/C59H40N2/c1-39-13-12-16-44(37-39)49-18-7-9-22-54(49)60(47-34-35-52-45(38-47)28-27-43-26-25-40-14-2-4-19-50(40)58(43)52)46-32-29-42(30-33-46)48-17-6-10-23-55(48)61-56-24-11-8-21-53(56)59-51-20-5-3-15-41(51)31-36-57(59)61/h2-12,14-36,38H,13H2,1H3. The molecular weight excluding hydrogens is 737 g/mol. The lowest BCUT2D eigenvalue weighted by Gasteiger charge is -2.28. The molecule has 11 aromatic rings. The summed E-state index contributed by atoms with van der Waals surface area (Å²) in [4.78, 5) is 2.42. The van der Waals surface area contributed by atoms with Crippen molar-refractivity contribution in [3.63, 3.8) is 0 Å². The van der Waals surface area contributed by atoms with Gasteiger partial charge in [0.2, 0.25) is 0 Å². The number of allylic oxidation sites excluding steroid dienone is 3. The zero-order valence-electron chi connectivity index (χ0n) is 33.8. The number of aromatic nitrogens is 1. The molecule has 286 valence electrons. The second-order valence-corrected chi connectivity index (χ2v) is 16.2. The Bertz CT molecular complexity index is 3670. The molecule has 1 aromatic heterocycles. The summed E-state index contributed by atoms with van der Waals surface area (Å²) in [5.41, 5.74) is 16.4. The smallest absolute Gasteiger partial charge is 0.0547 e. The number of hydrogen-bond donors (Lipinski definition) is 0. The molecule has 0 bridgehead atoms. The topological polar surface area (TPSA) is 8.17 Å². The summed E-state index contributed by atoms with van der Waals surface area (Å²) in [6.07, 6.45) is 5.40. The molecule has 0 saturated carbocycles. The van der Waals surface area contributed by atoms with Crippen molar-refractivity contribution >= 4 is 87.5 Å². The third-order valence-electron chi connectivity index (χ3n) is 12.6. The highest BCUT2D eigenvalue weighted by atomic mass is 15.1. The molecule has 12 rings (SSSR count). The lowest BCUT2D eigenvalue weighted by atomic mass is 9.95. The summed E-state index contributed by atoms with van der Waals surface area (Å²) < 4.78 is 2.45. The average Bonchev–Trinajstić information content (AvgIpc) is 3.66. The first-order valence-electron chi connectivity index (χ1n) is 21.2. The lowest BCUT2D eigenvalue weighted by Crippen LogP contribution is -2.12. The van der Waals surface area contributed by atoms with Crippen molar-refractivity contribution in [3.05, 3.63) is 229 Å². The summed E-state index contributed by atoms with van der Waals surface area (Å²) in [5.74, 6) is 0. The summed E-state index contributed by atoms with van der Waals surface area (Å²) in [5, 5.41) is 12.6. The number of para-hydroxylation sites is 3. The van der Waals surface area contributed by atoms with Crippen molar-refractivity contribution in [1.29, 1.82) is 0 Å². The van der Waals surface area contributed by atoms with Crippen molar-refractivity contribution in [2.75, 3.05) is 4.90 Å². The molecule has 10 aromatic carbocycles. The molecule has 0 radical (unpaired) electrons. The quantitative estimate of drug-likeness (QED) is 0.121. The Labute approximate surface area is 354 Å². The predicted molar refractivity (Wildman–Crippen MR) is 261 cm³/mol. The maximum absolute atomic E-state index is 3.70. The highest BCUT2D eigenvalue weighted by molar-refractivity contribution is 6.22. The third kappa shape index (κ3) is 5.73. The van der Waals surface area contributed by atoms with E-state index in [1.165, 1.54) is 76.0 Å². The van der Waals surface area contributed by atoms with E-state index in [0.29, 0.717) is 0 Å². The largest absolute Gasteiger partial charge is 0.310 e. The van der Waals surface area contributed by atoms with Crippen molar-refractivity contribution in [1.82, 2.24) is 4.57 Å². The number of nitrogens with zero attached hydrogens (tertiary/aromatic N) is 2. The molecule has 61 heavy (non-hydrogen) atoms. The van der Waals surface area contributed by atoms with E-state index in [2.05, 4.69) is 234 Å². The van der Waals surface area contributed by atoms with Crippen LogP contribution < -0.4 is 4.90 Å². The van der Waals surface area contributed by atoms with Crippen LogP contribution in [0.1, 0.15) is 18.9 Å². The Balaban J connectivity index is 1.03. The van der Waals surface area contributed by atoms with E-state index in [0.717, 1.165) is 45.9 Å². The fourth-order valence-corrected chi connectivity index (χ4v) is 9.82. The maximum Gasteiger partial charge on any atom is 0.0547 e. The number of rotatable bonds is 6. The van der Waals surface area contributed by atoms with Gasteiger partial charge in [-0.05, 0) is 116 Å². The Morgan fingerprint density at radius 1 is 0.459 bits per heavy atom. The first kappa shape index (κ1) is 35.1. The van der Waals surface area contributed by atoms with E-state index in [9.17, 15) is 0 Å². The molecule has 2 nitrogen and oxygen atoms in total. The van der Waals surface area contributed by atoms with Crippen LogP contribution in [0.3, 0.4) is 0 Å². The Morgan fingerprint density at radius 3 is 1.87 bits per heavy atom. The summed E-state index contributed by atoms with van der Waals surface area (Å²) in [6, 6.07) is 73.5. The van der Waals surface area contributed by atoms with Crippen LogP contribution in [-0.2, 0) is 0 Å². The molecule has 0 fully saturated rings. The fraction of sp³-hybridized carbons (Fsp3) is 0.0339. The van der Waals surface area contributed by atoms with E-state index in [-0.39, 0.29) is 0 Å². The van der Waals surface area contributed by atoms with Crippen molar-refractivity contribution in [2.24, 2.45) is 0 Å². The first-order chi connectivity index (χ1) is 30.2. The van der Waals surface area contributed by atoms with Crippen LogP contribution in [0.4, 0.5) is 17.1 Å². The van der Waals surface area contributed by atoms with Gasteiger partial charge in [-0.1, -0.05) is 164 Å². The van der Waals surface area contributed by atoms with E-state index < -0.39 is 0 Å². The van der Waals surface area contributed by atoms with Crippen LogP contribution in [0.2, 0.25) is 0 Å². The van der Waals surface area contributed by atoms with Gasteiger partial charge in [0.25, 0.3) is 0 Å². The highest BCUT2D eigenvalue weighted by Crippen LogP contribution is 2.44. The molecule has 1 heterocycles. The average molecular weight is 777 g/mol. The van der Waals surface area contributed by atoms with Gasteiger partial charge >= 0.3 is 0 Å². The van der Waals surface area contributed by atoms with Crippen molar-refractivity contribution < 1.29 is 0 Å². The van der Waals surface area contributed by atoms with Gasteiger partial charge in [0.05, 0.1) is 22.4 Å². The lowest BCUT2D eigenvalue weighted by molar-refractivity contribution is 1.18. The van der Waals surface area contributed by atoms with Gasteiger partial charge in [0.15, 0.2) is 0 Å². The van der Waals surface area contributed by atoms with Gasteiger partial charge in [-0.3, -0.25) is 0 Å². The fourth-order valence-electron chi connectivity index (χ4n) is 9.82. The van der Waals surface area contributed by atoms with Gasteiger partial charge in [-0.2, -0.15) is 0 Å². The molecule has 0 spiro atoms. The maximum atomic E-state index is 3.70. The highest BCUT2D eigenvalue weighted by Gasteiger charge is 2.21. The summed E-state index contributed by atoms with van der Waals surface area (Å²) >= 11 is 0. The Morgan fingerprint density at radius 2 is 1.07 bits per heavy atom. The molecule has 0 unspecified atom stereocenters. The molecule has 0 atom stereocenters. The SMILES string of the molecule is CC1=C=C(c2ccccc2N(c2ccc(-c3ccccc3-n3c4ccccc4c4c5ccccc5ccc43)cc2)c2ccc3c(ccc4ccc5ccccc5c43)c2)C=CC1. The zero-order chi connectivity index (χ0) is 40.4. The Hall–Kier alpha value is -7.90. The van der Waals surface area contributed by atoms with Crippen LogP contribution in [0.25, 0.3) is 87.3 Å². The van der Waals surface area contributed by atoms with Crippen LogP contribution in [-0.4, -0.2) is 4.57 Å². The van der Waals surface area contributed by atoms with Crippen LogP contribution in [0.15, 0.2) is 224 Å². The van der Waals surface area contributed by atoms with Gasteiger partial charge in [-0.15, -0.1) is 5.73 Å². The van der Waals surface area contributed by atoms with Crippen molar-refractivity contribution in [3.8, 4) is 16.8 Å². The summed E-state index contributed by atoms with van der Waals surface area (Å²) in [6.45, 7) is 2.17. The number of fused-ring (bicyclic) bond motifs is 10. The third-order valence-corrected chi connectivity index (χ3v) is 12.6. The van der Waals surface area contributed by atoms with Gasteiger partial charge in [0, 0.05) is 38.8 Å². The summed E-state index contributed by atoms with van der Waals surface area (Å²) in [7, 11) is 0. The van der Waals surface area contributed by atoms with E-state index in [1.807, 2.05) is 0 Å². The normalized spacial score (nSPS) is 12.8. The number of benzene rings is 10. The second kappa shape index (κ2) is 14.1. The van der Waals surface area contributed by atoms with Gasteiger partial charge < -0.3 is 9.47 Å². The molecule has 0 N–H and O–H groups in total. The monoisotopic (exact) mass is 776 g/mol. The minimum atomic E-state index is 0.927. The van der Waals surface area contributed by atoms with Gasteiger partial charge in [-0.25, -0.2) is 0 Å². The minimum absolute atomic E-state index is 0.927.